The van der Waals surface area contributed by atoms with E-state index in [2.05, 4.69) is 0 Å². The maximum Gasteiger partial charge on any atom is 0.402 e. The molecule has 0 spiro atoms. The molecule has 0 aromatic carbocycles. The van der Waals surface area contributed by atoms with Crippen molar-refractivity contribution in [3.05, 3.63) is 0 Å². The molecule has 0 aliphatic carbocycles. The second kappa shape index (κ2) is 5.41. The molecule has 0 radical (unpaired) electrons. The van der Waals surface area contributed by atoms with Gasteiger partial charge in [-0.25, -0.2) is 0 Å². The lowest BCUT2D eigenvalue weighted by Crippen LogP contribution is -2.57. The predicted molar refractivity (Wildman–Crippen MR) is 57.1 cm³/mol. The Morgan fingerprint density at radius 2 is 1.78 bits per heavy atom. The molecule has 6 nitrogen and oxygen atoms in total. The maximum absolute atomic E-state index is 11.9. The van der Waals surface area contributed by atoms with Crippen molar-refractivity contribution in [1.82, 2.24) is 9.03 Å². The summed E-state index contributed by atoms with van der Waals surface area (Å²) in [6, 6.07) is 0. The number of alkyl halides is 3. The van der Waals surface area contributed by atoms with Crippen molar-refractivity contribution in [3.8, 4) is 0 Å². The number of rotatable bonds is 6. The molecule has 10 heteroatoms. The first-order valence-corrected chi connectivity index (χ1v) is 6.36. The monoisotopic (exact) mass is 292 g/mol. The molecule has 0 heterocycles. The lowest BCUT2D eigenvalue weighted by molar-refractivity contribution is -0.146. The van der Waals surface area contributed by atoms with E-state index in [1.165, 1.54) is 11.6 Å². The SMILES string of the molecule is CCN(C(C)(C)C(=O)O)S(=O)(=O)NCC(F)(F)F. The van der Waals surface area contributed by atoms with Crippen molar-refractivity contribution in [2.24, 2.45) is 0 Å². The Morgan fingerprint density at radius 3 is 2.06 bits per heavy atom. The molecule has 0 atom stereocenters. The summed E-state index contributed by atoms with van der Waals surface area (Å²) in [5, 5.41) is 8.88. The molecule has 0 fully saturated rings. The minimum Gasteiger partial charge on any atom is -0.480 e. The highest BCUT2D eigenvalue weighted by Crippen LogP contribution is 2.19. The van der Waals surface area contributed by atoms with Crippen molar-refractivity contribution >= 4 is 16.2 Å². The first-order chi connectivity index (χ1) is 7.84. The van der Waals surface area contributed by atoms with Crippen LogP contribution in [0.2, 0.25) is 0 Å². The van der Waals surface area contributed by atoms with Gasteiger partial charge in [-0.1, -0.05) is 6.92 Å². The second-order valence-corrected chi connectivity index (χ2v) is 5.65. The van der Waals surface area contributed by atoms with Crippen molar-refractivity contribution in [3.63, 3.8) is 0 Å². The number of carbonyl (C=O) groups is 1. The summed E-state index contributed by atoms with van der Waals surface area (Å²) in [4.78, 5) is 10.9. The summed E-state index contributed by atoms with van der Waals surface area (Å²) >= 11 is 0. The van der Waals surface area contributed by atoms with Crippen molar-refractivity contribution in [1.29, 1.82) is 0 Å². The Kier molecular flexibility index (Phi) is 5.15. The molecule has 0 unspecified atom stereocenters. The van der Waals surface area contributed by atoms with Crippen LogP contribution in [0.4, 0.5) is 13.2 Å². The number of carboxylic acids is 1. The van der Waals surface area contributed by atoms with Gasteiger partial charge in [-0.15, -0.1) is 0 Å². The average molecular weight is 292 g/mol. The molecule has 0 saturated carbocycles. The fourth-order valence-corrected chi connectivity index (χ4v) is 2.74. The van der Waals surface area contributed by atoms with Gasteiger partial charge in [0.15, 0.2) is 0 Å². The molecule has 0 rings (SSSR count). The van der Waals surface area contributed by atoms with Gasteiger partial charge >= 0.3 is 12.1 Å². The van der Waals surface area contributed by atoms with Crippen LogP contribution in [0.3, 0.4) is 0 Å². The summed E-state index contributed by atoms with van der Waals surface area (Å²) in [5.74, 6) is -1.46. The van der Waals surface area contributed by atoms with Crippen molar-refractivity contribution in [2.75, 3.05) is 13.1 Å². The van der Waals surface area contributed by atoms with E-state index in [0.717, 1.165) is 13.8 Å². The topological polar surface area (TPSA) is 86.7 Å². The summed E-state index contributed by atoms with van der Waals surface area (Å²) in [7, 11) is -4.53. The fraction of sp³-hybridized carbons (Fsp3) is 0.875. The highest BCUT2D eigenvalue weighted by Gasteiger charge is 2.42. The van der Waals surface area contributed by atoms with Crippen LogP contribution in [0.5, 0.6) is 0 Å². The van der Waals surface area contributed by atoms with Crippen molar-refractivity contribution in [2.45, 2.75) is 32.5 Å². The van der Waals surface area contributed by atoms with Gasteiger partial charge in [-0.05, 0) is 13.8 Å². The number of aliphatic carboxylic acids is 1. The van der Waals surface area contributed by atoms with Crippen LogP contribution in [-0.4, -0.2) is 48.6 Å². The van der Waals surface area contributed by atoms with Gasteiger partial charge in [-0.3, -0.25) is 4.79 Å². The molecule has 0 saturated heterocycles. The highest BCUT2D eigenvalue weighted by atomic mass is 32.2. The molecule has 0 aromatic rings. The molecule has 0 amide bonds. The Balaban J connectivity index is 5.13. The van der Waals surface area contributed by atoms with E-state index >= 15 is 0 Å². The van der Waals surface area contributed by atoms with Crippen LogP contribution >= 0.6 is 0 Å². The third-order valence-electron chi connectivity index (χ3n) is 2.18. The number of carboxylic acid groups (broad SMARTS) is 1. The first kappa shape index (κ1) is 17.1. The largest absolute Gasteiger partial charge is 0.480 e. The van der Waals surface area contributed by atoms with Gasteiger partial charge in [0, 0.05) is 6.54 Å². The summed E-state index contributed by atoms with van der Waals surface area (Å²) in [6.45, 7) is 1.49. The Morgan fingerprint density at radius 1 is 1.33 bits per heavy atom. The van der Waals surface area contributed by atoms with Gasteiger partial charge in [0.2, 0.25) is 0 Å². The van der Waals surface area contributed by atoms with Crippen LogP contribution in [0.15, 0.2) is 0 Å². The van der Waals surface area contributed by atoms with Crippen LogP contribution in [0, 0.1) is 0 Å². The number of likely N-dealkylation sites (N-methyl/N-ethyl adjacent to an activating group) is 1. The van der Waals surface area contributed by atoms with E-state index in [1.54, 1.807) is 0 Å². The number of hydrogen-bond acceptors (Lipinski definition) is 3. The maximum atomic E-state index is 11.9. The van der Waals surface area contributed by atoms with Gasteiger partial charge < -0.3 is 5.11 Å². The smallest absolute Gasteiger partial charge is 0.402 e. The predicted octanol–water partition coefficient (Wildman–Crippen LogP) is 0.568. The summed E-state index contributed by atoms with van der Waals surface area (Å²) in [5.41, 5.74) is -1.84. The molecular formula is C8H15F3N2O4S. The normalized spacial score (nSPS) is 13.9. The van der Waals surface area contributed by atoms with E-state index in [0.29, 0.717) is 4.31 Å². The van der Waals surface area contributed by atoms with Gasteiger partial charge in [0.1, 0.15) is 12.1 Å². The van der Waals surface area contributed by atoms with Crippen LogP contribution in [0.1, 0.15) is 20.8 Å². The van der Waals surface area contributed by atoms with E-state index in [9.17, 15) is 26.4 Å². The molecular weight excluding hydrogens is 277 g/mol. The molecule has 108 valence electrons. The molecule has 0 aliphatic rings. The quantitative estimate of drug-likeness (QED) is 0.749. The van der Waals surface area contributed by atoms with E-state index in [-0.39, 0.29) is 6.54 Å². The lowest BCUT2D eigenvalue weighted by Gasteiger charge is -2.32. The standard InChI is InChI=1S/C8H15F3N2O4S/c1-4-13(7(2,3)6(14)15)18(16,17)12-5-8(9,10)11/h12H,4-5H2,1-3H3,(H,14,15). The Bertz CT molecular complexity index is 405. The molecule has 2 N–H and O–H groups in total. The van der Waals surface area contributed by atoms with Crippen LogP contribution < -0.4 is 4.72 Å². The summed E-state index contributed by atoms with van der Waals surface area (Å²) < 4.78 is 60.8. The number of halogens is 3. The van der Waals surface area contributed by atoms with E-state index < -0.39 is 34.4 Å². The molecule has 0 bridgehead atoms. The van der Waals surface area contributed by atoms with E-state index in [1.807, 2.05) is 0 Å². The minimum absolute atomic E-state index is 0.271. The fourth-order valence-electron chi connectivity index (χ4n) is 1.22. The van der Waals surface area contributed by atoms with Gasteiger partial charge in [0.05, 0.1) is 0 Å². The molecule has 0 aromatic heterocycles. The zero-order valence-corrected chi connectivity index (χ0v) is 10.9. The Hall–Kier alpha value is -0.870. The number of hydrogen-bond donors (Lipinski definition) is 2. The lowest BCUT2D eigenvalue weighted by atomic mass is 10.1. The zero-order chi connectivity index (χ0) is 14.8. The summed E-state index contributed by atoms with van der Waals surface area (Å²) in [6.07, 6.45) is -4.71. The number of nitrogens with one attached hydrogen (secondary N) is 1. The minimum atomic E-state index is -4.71. The van der Waals surface area contributed by atoms with Crippen LogP contribution in [-0.2, 0) is 15.0 Å². The Labute approximate surface area is 103 Å². The van der Waals surface area contributed by atoms with Gasteiger partial charge in [-0.2, -0.15) is 30.6 Å². The first-order valence-electron chi connectivity index (χ1n) is 4.92. The zero-order valence-electron chi connectivity index (χ0n) is 10.1. The molecule has 18 heavy (non-hydrogen) atoms. The van der Waals surface area contributed by atoms with Crippen LogP contribution in [0.25, 0.3) is 0 Å². The average Bonchev–Trinajstić information content (AvgIpc) is 2.13. The third-order valence-corrected chi connectivity index (χ3v) is 3.98. The highest BCUT2D eigenvalue weighted by molar-refractivity contribution is 7.87. The number of nitrogens with zero attached hydrogens (tertiary/aromatic N) is 1. The second-order valence-electron chi connectivity index (χ2n) is 3.97. The molecule has 0 aliphatic heterocycles. The van der Waals surface area contributed by atoms with E-state index in [4.69, 9.17) is 5.11 Å². The van der Waals surface area contributed by atoms with Gasteiger partial charge in [0.25, 0.3) is 10.2 Å². The van der Waals surface area contributed by atoms with Crippen molar-refractivity contribution < 1.29 is 31.5 Å². The third kappa shape index (κ3) is 4.42.